The van der Waals surface area contributed by atoms with Crippen molar-refractivity contribution >= 4 is 63.9 Å². The summed E-state index contributed by atoms with van der Waals surface area (Å²) >= 11 is 8.02. The Morgan fingerprint density at radius 2 is 1.82 bits per heavy atom. The Kier molecular flexibility index (Phi) is 24.3. The molecule has 5 unspecified atom stereocenters. The second-order valence-electron chi connectivity index (χ2n) is 18.3. The number of aromatic nitrogens is 2. The standard InChI is InChI=1S/C19H23ClN4O2S.2C7H13NO2.C7H12O.C6H11NO.C2H6/c1-11(2)21-19-23-14(10-27-19)13-9-15(25)12-5-6-16(17(20)18(12)22-13)26-8-7-24(3)4;1-3-5-4-7(5,8-2)6(9)10;1-7(2,3)6(4-9)8-5-10;1-8-7-3-5-2-6(5)4-7;1-7-4-2-3-6(7)5-8;1-2/h5-6,9-11H,7-8H2,1-4H3,(H,21,23)(H,22,25);5,8H,3-4H2,1-2H3,(H,9,10);4-6H,1-3H3,(H,8,10);5-7H,2-4H2,1H3;5-6H,2-4H2,1H3;1-2H3/t;;6-;;;/m..1.../s1. The van der Waals surface area contributed by atoms with Crippen molar-refractivity contribution in [3.8, 4) is 17.1 Å². The van der Waals surface area contributed by atoms with Crippen LogP contribution < -0.4 is 26.1 Å². The third kappa shape index (κ3) is 17.7. The first-order valence-electron chi connectivity index (χ1n) is 22.9. The summed E-state index contributed by atoms with van der Waals surface area (Å²) in [5, 5.41) is 20.9. The Hall–Kier alpha value is -3.93. The number of carbonyl (C=O) groups excluding carboxylic acids is 3. The highest BCUT2D eigenvalue weighted by Crippen LogP contribution is 2.52. The van der Waals surface area contributed by atoms with Gasteiger partial charge in [-0.2, -0.15) is 0 Å². The maximum atomic E-state index is 12.6. The molecule has 65 heavy (non-hydrogen) atoms. The van der Waals surface area contributed by atoms with Crippen molar-refractivity contribution in [2.75, 3.05) is 60.3 Å². The number of carboxylic acid groups (broad SMARTS) is 1. The number of halogens is 1. The average Bonchev–Trinajstić information content (AvgIpc) is 3.98. The number of carboxylic acids is 1. The van der Waals surface area contributed by atoms with Crippen LogP contribution >= 0.6 is 22.9 Å². The summed E-state index contributed by atoms with van der Waals surface area (Å²) in [7, 11) is 9.49. The minimum absolute atomic E-state index is 0.105. The average molecular weight is 949 g/mol. The van der Waals surface area contributed by atoms with Gasteiger partial charge in [-0.3, -0.25) is 19.3 Å². The summed E-state index contributed by atoms with van der Waals surface area (Å²) in [4.78, 5) is 65.5. The number of aldehydes is 2. The molecule has 3 heterocycles. The molecule has 3 saturated carbocycles. The fourth-order valence-electron chi connectivity index (χ4n) is 7.59. The Morgan fingerprint density at radius 1 is 1.15 bits per heavy atom. The number of aromatic amines is 1. The highest BCUT2D eigenvalue weighted by atomic mass is 35.5. The molecule has 3 aliphatic carbocycles. The van der Waals surface area contributed by atoms with E-state index in [1.54, 1.807) is 25.2 Å². The topological polar surface area (TPSA) is 195 Å². The molecule has 1 saturated heterocycles. The first-order chi connectivity index (χ1) is 30.8. The number of likely N-dealkylation sites (N-methyl/N-ethyl adjacent to an activating group) is 3. The van der Waals surface area contributed by atoms with Gasteiger partial charge in [0.25, 0.3) is 0 Å². The second kappa shape index (κ2) is 27.6. The molecule has 1 amide bonds. The Morgan fingerprint density at radius 3 is 2.22 bits per heavy atom. The van der Waals surface area contributed by atoms with Gasteiger partial charge in [0.2, 0.25) is 6.41 Å². The van der Waals surface area contributed by atoms with Crippen molar-refractivity contribution in [3.05, 3.63) is 38.8 Å². The predicted octanol–water partition coefficient (Wildman–Crippen LogP) is 7.61. The second-order valence-corrected chi connectivity index (χ2v) is 19.6. The molecule has 1 aliphatic heterocycles. The van der Waals surface area contributed by atoms with Crippen LogP contribution in [-0.2, 0) is 23.9 Å². The number of hydrogen-bond donors (Lipinski definition) is 5. The van der Waals surface area contributed by atoms with Crippen molar-refractivity contribution in [2.24, 2.45) is 23.2 Å². The number of likely N-dealkylation sites (tertiary alicyclic amines) is 1. The van der Waals surface area contributed by atoms with Gasteiger partial charge in [-0.15, -0.1) is 11.3 Å². The van der Waals surface area contributed by atoms with Crippen molar-refractivity contribution in [3.63, 3.8) is 0 Å². The summed E-state index contributed by atoms with van der Waals surface area (Å²) in [5.74, 6) is 2.33. The number of aliphatic carboxylic acids is 1. The molecular weight excluding hydrogens is 870 g/mol. The van der Waals surface area contributed by atoms with Crippen LogP contribution in [0.15, 0.2) is 28.4 Å². The first kappa shape index (κ1) is 57.2. The number of fused-ring (bicyclic) bond motifs is 2. The fourth-order valence-corrected chi connectivity index (χ4v) is 8.71. The smallest absolute Gasteiger partial charge is 0.324 e. The lowest BCUT2D eigenvalue weighted by Crippen LogP contribution is -2.40. The summed E-state index contributed by atoms with van der Waals surface area (Å²) < 4.78 is 11.0. The van der Waals surface area contributed by atoms with E-state index in [-0.39, 0.29) is 29.0 Å². The molecule has 0 radical (unpaired) electrons. The van der Waals surface area contributed by atoms with Crippen molar-refractivity contribution < 1.29 is 33.8 Å². The van der Waals surface area contributed by atoms with E-state index in [2.05, 4.69) is 44.7 Å². The van der Waals surface area contributed by atoms with E-state index in [9.17, 15) is 24.0 Å². The molecule has 1 aromatic carbocycles. The van der Waals surface area contributed by atoms with E-state index in [1.165, 1.54) is 37.0 Å². The highest BCUT2D eigenvalue weighted by Gasteiger charge is 2.58. The maximum absolute atomic E-state index is 12.6. The van der Waals surface area contributed by atoms with Gasteiger partial charge in [0.1, 0.15) is 35.5 Å². The van der Waals surface area contributed by atoms with E-state index in [0.717, 1.165) is 61.9 Å². The first-order valence-corrected chi connectivity index (χ1v) is 24.2. The molecule has 2 aromatic heterocycles. The normalized spacial score (nSPS) is 22.9. The molecule has 4 aliphatic rings. The number of amides is 1. The SMILES string of the molecule is CC.CC(C)(C)[C@@H](C=O)NC=O.CC(C)Nc1nc(-c2cc(=O)c3ccc(OCCN(C)C)c(Cl)c3[nH]2)cs1.CCC1CC1(NC)C(=O)O.CN1CCCC1C=O.COC1CC2CC2C1. The van der Waals surface area contributed by atoms with Gasteiger partial charge in [-0.1, -0.05) is 59.6 Å². The summed E-state index contributed by atoms with van der Waals surface area (Å²) in [5.41, 5.74) is 1.03. The third-order valence-corrected chi connectivity index (χ3v) is 13.1. The van der Waals surface area contributed by atoms with Crippen LogP contribution in [0.1, 0.15) is 100 Å². The zero-order valence-corrected chi connectivity index (χ0v) is 42.7. The van der Waals surface area contributed by atoms with Crippen LogP contribution in [0, 0.1) is 23.2 Å². The van der Waals surface area contributed by atoms with Gasteiger partial charge < -0.3 is 50.0 Å². The number of thiazole rings is 1. The molecule has 366 valence electrons. The summed E-state index contributed by atoms with van der Waals surface area (Å²) in [6.07, 6.45) is 11.1. The Labute approximate surface area is 396 Å². The number of anilines is 1. The quantitative estimate of drug-likeness (QED) is 0.0936. The van der Waals surface area contributed by atoms with E-state index < -0.39 is 11.5 Å². The van der Waals surface area contributed by atoms with Crippen LogP contribution in [0.3, 0.4) is 0 Å². The molecule has 7 rings (SSSR count). The number of methoxy groups -OCH3 is 1. The van der Waals surface area contributed by atoms with Gasteiger partial charge in [0.15, 0.2) is 10.6 Å². The van der Waals surface area contributed by atoms with Crippen molar-refractivity contribution in [1.29, 1.82) is 0 Å². The molecule has 17 heteroatoms. The monoisotopic (exact) mass is 948 g/mol. The lowest BCUT2D eigenvalue weighted by Gasteiger charge is -2.24. The largest absolute Gasteiger partial charge is 0.491 e. The molecule has 15 nitrogen and oxygen atoms in total. The van der Waals surface area contributed by atoms with E-state index >= 15 is 0 Å². The molecule has 3 aromatic rings. The third-order valence-electron chi connectivity index (χ3n) is 11.9. The van der Waals surface area contributed by atoms with Crippen LogP contribution in [0.25, 0.3) is 22.3 Å². The molecule has 0 bridgehead atoms. The number of benzene rings is 1. The number of pyridine rings is 1. The number of nitrogens with zero attached hydrogens (tertiary/aromatic N) is 3. The molecule has 6 atom stereocenters. The highest BCUT2D eigenvalue weighted by molar-refractivity contribution is 7.14. The fraction of sp³-hybridized carbons (Fsp3) is 0.667. The summed E-state index contributed by atoms with van der Waals surface area (Å²) in [6, 6.07) is 5.15. The van der Waals surface area contributed by atoms with E-state index in [4.69, 9.17) is 26.2 Å². The van der Waals surface area contributed by atoms with E-state index in [0.29, 0.717) is 58.1 Å². The van der Waals surface area contributed by atoms with Gasteiger partial charge in [0, 0.05) is 36.5 Å². The van der Waals surface area contributed by atoms with Gasteiger partial charge >= 0.3 is 5.97 Å². The number of ether oxygens (including phenoxy) is 2. The molecule has 4 fully saturated rings. The number of carbonyl (C=O) groups is 4. The van der Waals surface area contributed by atoms with Crippen LogP contribution in [-0.4, -0.2) is 135 Å². The Bertz CT molecular complexity index is 1980. The lowest BCUT2D eigenvalue weighted by atomic mass is 9.88. The minimum Gasteiger partial charge on any atom is -0.491 e. The number of H-pyrrole nitrogens is 1. The van der Waals surface area contributed by atoms with Gasteiger partial charge in [-0.25, -0.2) is 4.98 Å². The van der Waals surface area contributed by atoms with Crippen molar-refractivity contribution in [1.82, 2.24) is 30.4 Å². The van der Waals surface area contributed by atoms with Crippen LogP contribution in [0.4, 0.5) is 5.13 Å². The number of nitrogens with one attached hydrogen (secondary N) is 4. The minimum atomic E-state index is -0.707. The predicted molar refractivity (Wildman–Crippen MR) is 265 cm³/mol. The zero-order chi connectivity index (χ0) is 49.1. The Balaban J connectivity index is 0.000000313. The van der Waals surface area contributed by atoms with Crippen LogP contribution in [0.5, 0.6) is 5.75 Å². The maximum Gasteiger partial charge on any atom is 0.324 e. The van der Waals surface area contributed by atoms with Crippen LogP contribution in [0.2, 0.25) is 5.02 Å². The van der Waals surface area contributed by atoms with Crippen molar-refractivity contribution in [2.45, 2.75) is 130 Å². The molecule has 0 spiro atoms. The number of hydrogen-bond acceptors (Lipinski definition) is 13. The zero-order valence-electron chi connectivity index (χ0n) is 41.1. The molecule has 5 N–H and O–H groups in total. The van der Waals surface area contributed by atoms with Gasteiger partial charge in [-0.05, 0) is 122 Å². The lowest BCUT2D eigenvalue weighted by molar-refractivity contribution is -0.141. The van der Waals surface area contributed by atoms with Gasteiger partial charge in [0.05, 0.1) is 35.1 Å². The number of rotatable bonds is 15. The molecular formula is C48H78ClN7O8S. The summed E-state index contributed by atoms with van der Waals surface area (Å²) in [6.45, 7) is 18.2. The van der Waals surface area contributed by atoms with E-state index in [1.807, 2.05) is 80.1 Å².